The van der Waals surface area contributed by atoms with Gasteiger partial charge in [0, 0.05) is 0 Å². The van der Waals surface area contributed by atoms with Gasteiger partial charge in [-0.25, -0.2) is 0 Å². The van der Waals surface area contributed by atoms with Crippen LogP contribution in [0.25, 0.3) is 0 Å². The Morgan fingerprint density at radius 2 is 2.14 bits per heavy atom. The van der Waals surface area contributed by atoms with Gasteiger partial charge in [0.1, 0.15) is 0 Å². The van der Waals surface area contributed by atoms with Crippen LogP contribution in [0, 0.1) is 5.92 Å². The summed E-state index contributed by atoms with van der Waals surface area (Å²) in [5, 5.41) is 0.758. The molecule has 0 saturated heterocycles. The highest BCUT2D eigenvalue weighted by atomic mass is 35.5. The zero-order valence-electron chi connectivity index (χ0n) is 12.7. The maximum Gasteiger partial charge on any atom is 0.196 e. The number of guanidine groups is 1. The molecule has 1 heterocycles. The zero-order chi connectivity index (χ0) is 14.9. The number of halogens is 1. The van der Waals surface area contributed by atoms with Gasteiger partial charge in [0.2, 0.25) is 0 Å². The van der Waals surface area contributed by atoms with Crippen molar-refractivity contribution in [1.29, 1.82) is 0 Å². The second-order valence-electron chi connectivity index (χ2n) is 6.39. The molecule has 1 aliphatic carbocycles. The fraction of sp³-hybridized carbons (Fsp3) is 0.588. The van der Waals surface area contributed by atoms with Gasteiger partial charge >= 0.3 is 0 Å². The summed E-state index contributed by atoms with van der Waals surface area (Å²) in [7, 11) is 0. The number of hydrogen-bond acceptors (Lipinski definition) is 3. The summed E-state index contributed by atoms with van der Waals surface area (Å²) in [6, 6.07) is 7.97. The molecule has 3 rings (SSSR count). The number of nitrogens with zero attached hydrogens (tertiary/aromatic N) is 2. The van der Waals surface area contributed by atoms with Crippen LogP contribution < -0.4 is 10.6 Å². The lowest BCUT2D eigenvalue weighted by atomic mass is 9.88. The van der Waals surface area contributed by atoms with Gasteiger partial charge in [0.25, 0.3) is 0 Å². The summed E-state index contributed by atoms with van der Waals surface area (Å²) < 4.78 is 0. The van der Waals surface area contributed by atoms with Gasteiger partial charge in [-0.15, -0.1) is 0 Å². The van der Waals surface area contributed by atoms with Gasteiger partial charge in [-0.1, -0.05) is 49.9 Å². The van der Waals surface area contributed by atoms with Gasteiger partial charge < -0.3 is 10.6 Å². The summed E-state index contributed by atoms with van der Waals surface area (Å²) in [4.78, 5) is 6.78. The Morgan fingerprint density at radius 3 is 2.90 bits per heavy atom. The normalized spacial score (nSPS) is 29.5. The van der Waals surface area contributed by atoms with Crippen molar-refractivity contribution >= 4 is 23.2 Å². The highest BCUT2D eigenvalue weighted by Gasteiger charge is 2.44. The van der Waals surface area contributed by atoms with Crippen LogP contribution in [0.2, 0.25) is 5.02 Å². The van der Waals surface area contributed by atoms with E-state index in [4.69, 9.17) is 17.3 Å². The first-order valence-electron chi connectivity index (χ1n) is 8.01. The topological polar surface area (TPSA) is 41.6 Å². The van der Waals surface area contributed by atoms with Crippen molar-refractivity contribution in [2.75, 3.05) is 11.4 Å². The number of aliphatic imine (C=N–C) groups is 1. The number of rotatable bonds is 2. The van der Waals surface area contributed by atoms with Crippen LogP contribution in [0.3, 0.4) is 0 Å². The molecule has 114 valence electrons. The number of para-hydroxylation sites is 1. The molecule has 0 amide bonds. The second kappa shape index (κ2) is 5.88. The van der Waals surface area contributed by atoms with Crippen molar-refractivity contribution < 1.29 is 0 Å². The molecule has 2 aliphatic rings. The molecule has 1 aromatic carbocycles. The van der Waals surface area contributed by atoms with Crippen LogP contribution in [0.5, 0.6) is 0 Å². The predicted molar refractivity (Wildman–Crippen MR) is 90.0 cm³/mol. The minimum absolute atomic E-state index is 0.0407. The van der Waals surface area contributed by atoms with Gasteiger partial charge in [0.05, 0.1) is 22.8 Å². The maximum atomic E-state index is 6.42. The maximum absolute atomic E-state index is 6.42. The van der Waals surface area contributed by atoms with Crippen molar-refractivity contribution in [2.45, 2.75) is 51.0 Å². The Balaban J connectivity index is 1.93. The molecule has 21 heavy (non-hydrogen) atoms. The number of benzene rings is 1. The number of hydrogen-bond donors (Lipinski definition) is 1. The largest absolute Gasteiger partial charge is 0.369 e. The van der Waals surface area contributed by atoms with Crippen LogP contribution in [0.15, 0.2) is 29.3 Å². The van der Waals surface area contributed by atoms with Crippen molar-refractivity contribution in [2.24, 2.45) is 16.6 Å². The van der Waals surface area contributed by atoms with Crippen LogP contribution in [-0.4, -0.2) is 18.0 Å². The van der Waals surface area contributed by atoms with Crippen LogP contribution in [-0.2, 0) is 0 Å². The van der Waals surface area contributed by atoms with E-state index in [2.05, 4.69) is 22.9 Å². The second-order valence-corrected chi connectivity index (χ2v) is 6.80. The smallest absolute Gasteiger partial charge is 0.196 e. The summed E-state index contributed by atoms with van der Waals surface area (Å²) in [6.07, 6.45) is 7.43. The number of anilines is 1. The summed E-state index contributed by atoms with van der Waals surface area (Å²) in [6.45, 7) is 3.11. The van der Waals surface area contributed by atoms with Gasteiger partial charge in [-0.3, -0.25) is 4.99 Å². The molecule has 0 radical (unpaired) electrons. The van der Waals surface area contributed by atoms with E-state index < -0.39 is 0 Å². The molecule has 1 saturated carbocycles. The molecule has 0 aromatic heterocycles. The summed E-state index contributed by atoms with van der Waals surface area (Å²) >= 11 is 6.42. The highest BCUT2D eigenvalue weighted by Crippen LogP contribution is 2.42. The molecular weight excluding hydrogens is 282 g/mol. The minimum Gasteiger partial charge on any atom is -0.369 e. The molecule has 2 unspecified atom stereocenters. The Hall–Kier alpha value is -1.22. The first kappa shape index (κ1) is 14.7. The van der Waals surface area contributed by atoms with E-state index in [1.54, 1.807) is 0 Å². The molecular formula is C17H24ClN3. The van der Waals surface area contributed by atoms with Crippen molar-refractivity contribution in [3.8, 4) is 0 Å². The quantitative estimate of drug-likeness (QED) is 0.889. The lowest BCUT2D eigenvalue weighted by molar-refractivity contribution is 0.384. The van der Waals surface area contributed by atoms with E-state index in [1.807, 2.05) is 18.2 Å². The molecule has 1 aromatic rings. The third-order valence-corrected chi connectivity index (χ3v) is 5.50. The van der Waals surface area contributed by atoms with Gasteiger partial charge in [0.15, 0.2) is 5.96 Å². The van der Waals surface area contributed by atoms with Crippen molar-refractivity contribution in [1.82, 2.24) is 0 Å². The van der Waals surface area contributed by atoms with E-state index in [0.717, 1.165) is 36.0 Å². The zero-order valence-corrected chi connectivity index (χ0v) is 13.4. The fourth-order valence-corrected chi connectivity index (χ4v) is 4.10. The first-order valence-corrected chi connectivity index (χ1v) is 8.39. The molecule has 1 spiro atoms. The molecule has 1 fully saturated rings. The highest BCUT2D eigenvalue weighted by molar-refractivity contribution is 6.34. The van der Waals surface area contributed by atoms with E-state index in [1.165, 1.54) is 25.7 Å². The van der Waals surface area contributed by atoms with E-state index >= 15 is 0 Å². The predicted octanol–water partition coefficient (Wildman–Crippen LogP) is 4.20. The number of nitrogens with two attached hydrogens (primary N) is 1. The first-order chi connectivity index (χ1) is 10.2. The van der Waals surface area contributed by atoms with Crippen LogP contribution >= 0.6 is 11.6 Å². The summed E-state index contributed by atoms with van der Waals surface area (Å²) in [5.41, 5.74) is 7.27. The molecule has 1 aliphatic heterocycles. The van der Waals surface area contributed by atoms with Crippen LogP contribution in [0.1, 0.15) is 45.4 Å². The van der Waals surface area contributed by atoms with E-state index in [9.17, 15) is 0 Å². The average molecular weight is 306 g/mol. The fourth-order valence-electron chi connectivity index (χ4n) is 3.88. The molecule has 2 N–H and O–H groups in total. The molecule has 3 nitrogen and oxygen atoms in total. The van der Waals surface area contributed by atoms with Gasteiger partial charge in [-0.2, -0.15) is 0 Å². The minimum atomic E-state index is 0.0407. The van der Waals surface area contributed by atoms with Crippen molar-refractivity contribution in [3.63, 3.8) is 0 Å². The third kappa shape index (κ3) is 2.64. The third-order valence-electron chi connectivity index (χ3n) is 5.18. The monoisotopic (exact) mass is 305 g/mol. The van der Waals surface area contributed by atoms with E-state index in [0.29, 0.717) is 5.96 Å². The standard InChI is InChI=1S/C17H24ClN3/c1-2-13-6-5-10-17(11-9-13)12-20-16(19)21(17)15-8-4-3-7-14(15)18/h3-4,7-8,13H,2,5-6,9-12H2,1H3,(H2,19,20). The molecule has 2 atom stereocenters. The SMILES string of the molecule is CCC1CCCC2(CC1)CN=C(N)N2c1ccccc1Cl. The Labute approximate surface area is 132 Å². The summed E-state index contributed by atoms with van der Waals surface area (Å²) in [5.74, 6) is 1.47. The van der Waals surface area contributed by atoms with Crippen molar-refractivity contribution in [3.05, 3.63) is 29.3 Å². The Morgan fingerprint density at radius 1 is 1.33 bits per heavy atom. The van der Waals surface area contributed by atoms with Gasteiger partial charge in [-0.05, 0) is 37.3 Å². The Kier molecular flexibility index (Phi) is 4.12. The molecule has 4 heteroatoms. The Bertz CT molecular complexity index is 543. The lowest BCUT2D eigenvalue weighted by Crippen LogP contribution is -2.52. The molecule has 0 bridgehead atoms. The van der Waals surface area contributed by atoms with Crippen LogP contribution in [0.4, 0.5) is 5.69 Å². The van der Waals surface area contributed by atoms with E-state index in [-0.39, 0.29) is 5.54 Å². The lowest BCUT2D eigenvalue weighted by Gasteiger charge is -2.39. The average Bonchev–Trinajstić information content (AvgIpc) is 2.68.